The van der Waals surface area contributed by atoms with Crippen LogP contribution in [0.2, 0.25) is 0 Å². The summed E-state index contributed by atoms with van der Waals surface area (Å²) in [6.07, 6.45) is 2.21. The molecule has 0 heterocycles. The molecular weight excluding hydrogens is 312 g/mol. The van der Waals surface area contributed by atoms with E-state index in [0.29, 0.717) is 24.3 Å². The average molecular weight is 329 g/mol. The highest BCUT2D eigenvalue weighted by Gasteiger charge is 2.49. The van der Waals surface area contributed by atoms with E-state index in [4.69, 9.17) is 9.47 Å². The highest BCUT2D eigenvalue weighted by Crippen LogP contribution is 2.52. The fourth-order valence-corrected chi connectivity index (χ4v) is 3.50. The molecule has 0 aliphatic heterocycles. The monoisotopic (exact) mass is 328 g/mol. The van der Waals surface area contributed by atoms with Crippen molar-refractivity contribution < 1.29 is 19.4 Å². The van der Waals surface area contributed by atoms with Crippen molar-refractivity contribution >= 4 is 21.9 Å². The van der Waals surface area contributed by atoms with Crippen LogP contribution in [-0.4, -0.2) is 25.3 Å². The first kappa shape index (κ1) is 14.2. The number of rotatable bonds is 4. The SMILES string of the molecule is COc1c(Br)cc(C)c(C2(C(=O)O)CCC2)c1OC. The van der Waals surface area contributed by atoms with E-state index in [0.717, 1.165) is 22.0 Å². The molecule has 0 saturated heterocycles. The van der Waals surface area contributed by atoms with E-state index >= 15 is 0 Å². The Morgan fingerprint density at radius 3 is 2.26 bits per heavy atom. The first-order valence-corrected chi connectivity index (χ1v) is 6.92. The summed E-state index contributed by atoms with van der Waals surface area (Å²) in [7, 11) is 3.09. The van der Waals surface area contributed by atoms with Crippen LogP contribution in [0.4, 0.5) is 0 Å². The number of methoxy groups -OCH3 is 2. The van der Waals surface area contributed by atoms with Gasteiger partial charge in [-0.25, -0.2) is 0 Å². The maximum absolute atomic E-state index is 11.7. The van der Waals surface area contributed by atoms with E-state index in [1.54, 1.807) is 14.2 Å². The zero-order valence-corrected chi connectivity index (χ0v) is 12.8. The van der Waals surface area contributed by atoms with Gasteiger partial charge in [-0.15, -0.1) is 0 Å². The van der Waals surface area contributed by atoms with Crippen molar-refractivity contribution in [3.8, 4) is 11.5 Å². The van der Waals surface area contributed by atoms with E-state index in [-0.39, 0.29) is 0 Å². The number of carboxylic acids is 1. The molecule has 1 aliphatic rings. The topological polar surface area (TPSA) is 55.8 Å². The first-order valence-electron chi connectivity index (χ1n) is 6.13. The van der Waals surface area contributed by atoms with Gasteiger partial charge < -0.3 is 14.6 Å². The number of carboxylic acid groups (broad SMARTS) is 1. The van der Waals surface area contributed by atoms with E-state index < -0.39 is 11.4 Å². The standard InChI is InChI=1S/C14H17BrO4/c1-8-7-9(15)11(18-2)12(19-3)10(8)14(13(16)17)5-4-6-14/h7H,4-6H2,1-3H3,(H,16,17). The van der Waals surface area contributed by atoms with Gasteiger partial charge in [0.25, 0.3) is 0 Å². The first-order chi connectivity index (χ1) is 8.97. The summed E-state index contributed by atoms with van der Waals surface area (Å²) in [5, 5.41) is 9.61. The lowest BCUT2D eigenvalue weighted by Crippen LogP contribution is -2.43. The summed E-state index contributed by atoms with van der Waals surface area (Å²) < 4.78 is 11.6. The Balaban J connectivity index is 2.72. The zero-order chi connectivity index (χ0) is 14.2. The number of aryl methyl sites for hydroxylation is 1. The van der Waals surface area contributed by atoms with E-state index in [9.17, 15) is 9.90 Å². The Bertz CT molecular complexity index is 521. The number of halogens is 1. The molecule has 19 heavy (non-hydrogen) atoms. The van der Waals surface area contributed by atoms with E-state index in [2.05, 4.69) is 15.9 Å². The van der Waals surface area contributed by atoms with Crippen LogP contribution in [0.15, 0.2) is 10.5 Å². The summed E-state index contributed by atoms with van der Waals surface area (Å²) in [4.78, 5) is 11.7. The summed E-state index contributed by atoms with van der Waals surface area (Å²) in [6, 6.07) is 1.89. The Kier molecular flexibility index (Phi) is 3.76. The molecule has 104 valence electrons. The summed E-state index contributed by atoms with van der Waals surface area (Å²) in [5.74, 6) is 0.289. The highest BCUT2D eigenvalue weighted by atomic mass is 79.9. The molecule has 1 fully saturated rings. The van der Waals surface area contributed by atoms with E-state index in [1.165, 1.54) is 0 Å². The Labute approximate surface area is 120 Å². The molecule has 0 aromatic heterocycles. The van der Waals surface area contributed by atoms with Crippen molar-refractivity contribution in [3.05, 3.63) is 21.7 Å². The minimum atomic E-state index is -0.830. The van der Waals surface area contributed by atoms with Crippen LogP contribution in [0.1, 0.15) is 30.4 Å². The van der Waals surface area contributed by atoms with Crippen LogP contribution in [0.3, 0.4) is 0 Å². The number of carbonyl (C=O) groups is 1. The molecule has 2 rings (SSSR count). The van der Waals surface area contributed by atoms with Crippen LogP contribution in [0.5, 0.6) is 11.5 Å². The summed E-state index contributed by atoms with van der Waals surface area (Å²) >= 11 is 3.42. The van der Waals surface area contributed by atoms with Crippen molar-refractivity contribution in [2.24, 2.45) is 0 Å². The summed E-state index contributed by atoms with van der Waals surface area (Å²) in [6.45, 7) is 1.91. The third-order valence-electron chi connectivity index (χ3n) is 3.89. The van der Waals surface area contributed by atoms with Crippen molar-refractivity contribution in [2.45, 2.75) is 31.6 Å². The number of aliphatic carboxylic acids is 1. The third kappa shape index (κ3) is 2.00. The Hall–Kier alpha value is -1.23. The molecule has 1 saturated carbocycles. The van der Waals surface area contributed by atoms with Crippen molar-refractivity contribution in [1.29, 1.82) is 0 Å². The minimum Gasteiger partial charge on any atom is -0.492 e. The van der Waals surface area contributed by atoms with Gasteiger partial charge in [-0.2, -0.15) is 0 Å². The quantitative estimate of drug-likeness (QED) is 0.921. The number of hydrogen-bond donors (Lipinski definition) is 1. The molecule has 4 nitrogen and oxygen atoms in total. The zero-order valence-electron chi connectivity index (χ0n) is 11.2. The average Bonchev–Trinajstić information content (AvgIpc) is 2.29. The Morgan fingerprint density at radius 1 is 1.32 bits per heavy atom. The van der Waals surface area contributed by atoms with Crippen molar-refractivity contribution in [1.82, 2.24) is 0 Å². The highest BCUT2D eigenvalue weighted by molar-refractivity contribution is 9.10. The van der Waals surface area contributed by atoms with Crippen LogP contribution in [0, 0.1) is 6.92 Å². The van der Waals surface area contributed by atoms with Gasteiger partial charge in [-0.05, 0) is 47.3 Å². The minimum absolute atomic E-state index is 0.525. The lowest BCUT2D eigenvalue weighted by Gasteiger charge is -2.40. The van der Waals surface area contributed by atoms with Crippen molar-refractivity contribution in [2.75, 3.05) is 14.2 Å². The number of hydrogen-bond acceptors (Lipinski definition) is 3. The van der Waals surface area contributed by atoms with Gasteiger partial charge in [0.1, 0.15) is 0 Å². The lowest BCUT2D eigenvalue weighted by molar-refractivity contribution is -0.147. The molecule has 1 aromatic carbocycles. The molecule has 0 spiro atoms. The number of ether oxygens (including phenoxy) is 2. The normalized spacial score (nSPS) is 16.6. The predicted molar refractivity (Wildman–Crippen MR) is 75.1 cm³/mol. The second-order valence-corrected chi connectivity index (χ2v) is 5.71. The smallest absolute Gasteiger partial charge is 0.314 e. The van der Waals surface area contributed by atoms with Gasteiger partial charge in [0.15, 0.2) is 11.5 Å². The fraction of sp³-hybridized carbons (Fsp3) is 0.500. The molecule has 1 aliphatic carbocycles. The molecular formula is C14H17BrO4. The molecule has 1 aromatic rings. The second kappa shape index (κ2) is 5.04. The van der Waals surface area contributed by atoms with Crippen LogP contribution in [0.25, 0.3) is 0 Å². The molecule has 1 N–H and O–H groups in total. The second-order valence-electron chi connectivity index (χ2n) is 4.86. The number of benzene rings is 1. The van der Waals surface area contributed by atoms with Gasteiger partial charge in [-0.1, -0.05) is 6.42 Å². The fourth-order valence-electron chi connectivity index (χ4n) is 2.81. The van der Waals surface area contributed by atoms with Crippen LogP contribution < -0.4 is 9.47 Å². The van der Waals surface area contributed by atoms with Gasteiger partial charge in [0.2, 0.25) is 0 Å². The van der Waals surface area contributed by atoms with Crippen LogP contribution >= 0.6 is 15.9 Å². The molecule has 0 bridgehead atoms. The molecule has 0 amide bonds. The third-order valence-corrected chi connectivity index (χ3v) is 4.48. The van der Waals surface area contributed by atoms with Crippen molar-refractivity contribution in [3.63, 3.8) is 0 Å². The van der Waals surface area contributed by atoms with Gasteiger partial charge in [0.05, 0.1) is 24.1 Å². The maximum Gasteiger partial charge on any atom is 0.314 e. The predicted octanol–water partition coefficient (Wildman–Crippen LogP) is 3.28. The van der Waals surface area contributed by atoms with Crippen LogP contribution in [-0.2, 0) is 10.2 Å². The maximum atomic E-state index is 11.7. The van der Waals surface area contributed by atoms with E-state index in [1.807, 2.05) is 13.0 Å². The lowest BCUT2D eigenvalue weighted by atomic mass is 9.63. The molecule has 0 radical (unpaired) electrons. The summed E-state index contributed by atoms with van der Waals surface area (Å²) in [5.41, 5.74) is 0.823. The molecule has 5 heteroatoms. The largest absolute Gasteiger partial charge is 0.492 e. The van der Waals surface area contributed by atoms with Gasteiger partial charge in [-0.3, -0.25) is 4.79 Å². The molecule has 0 atom stereocenters. The van der Waals surface area contributed by atoms with Gasteiger partial charge >= 0.3 is 5.97 Å². The van der Waals surface area contributed by atoms with Gasteiger partial charge in [0, 0.05) is 5.56 Å². The Morgan fingerprint density at radius 2 is 1.89 bits per heavy atom. The molecule has 0 unspecified atom stereocenters.